The van der Waals surface area contributed by atoms with Crippen molar-refractivity contribution in [3.8, 4) is 0 Å². The number of hydrogen-bond acceptors (Lipinski definition) is 4. The van der Waals surface area contributed by atoms with Gasteiger partial charge in [-0.05, 0) is 44.9 Å². The normalized spacial score (nSPS) is 20.0. The van der Waals surface area contributed by atoms with E-state index in [1.165, 1.54) is 0 Å². The minimum Gasteiger partial charge on any atom is -0.308 e. The van der Waals surface area contributed by atoms with Crippen LogP contribution in [0, 0.1) is 0 Å². The zero-order valence-electron chi connectivity index (χ0n) is 12.6. The molecule has 1 aliphatic rings. The predicted octanol–water partition coefficient (Wildman–Crippen LogP) is 4.53. The lowest BCUT2D eigenvalue weighted by molar-refractivity contribution is 0.179. The van der Waals surface area contributed by atoms with Crippen LogP contribution in [0.4, 0.5) is 0 Å². The van der Waals surface area contributed by atoms with Gasteiger partial charge in [0.2, 0.25) is 0 Å². The average Bonchev–Trinajstić information content (AvgIpc) is 2.91. The van der Waals surface area contributed by atoms with Crippen molar-refractivity contribution in [2.75, 3.05) is 19.8 Å². The highest BCUT2D eigenvalue weighted by atomic mass is 35.5. The molecule has 0 bridgehead atoms. The van der Waals surface area contributed by atoms with E-state index in [1.54, 1.807) is 0 Å². The first-order valence-corrected chi connectivity index (χ1v) is 9.46. The summed E-state index contributed by atoms with van der Waals surface area (Å²) in [6.45, 7) is 6.05. The van der Waals surface area contributed by atoms with Gasteiger partial charge in [-0.2, -0.15) is 0 Å². The van der Waals surface area contributed by atoms with Crippen molar-refractivity contribution in [1.29, 1.82) is 0 Å². The Bertz CT molecular complexity index is 501. The van der Waals surface area contributed by atoms with E-state index in [-0.39, 0.29) is 5.78 Å². The first-order chi connectivity index (χ1) is 10.1. The number of benzene rings is 1. The van der Waals surface area contributed by atoms with Gasteiger partial charge in [-0.3, -0.25) is 9.46 Å². The zero-order valence-corrected chi connectivity index (χ0v) is 14.3. The van der Waals surface area contributed by atoms with Gasteiger partial charge in [-0.15, -0.1) is 0 Å². The summed E-state index contributed by atoms with van der Waals surface area (Å²) in [6, 6.07) is 7.77. The Hall–Kier alpha value is -0.380. The maximum absolute atomic E-state index is 13.0. The molecule has 0 aliphatic carbocycles. The van der Waals surface area contributed by atoms with Gasteiger partial charge in [0, 0.05) is 11.6 Å². The quantitative estimate of drug-likeness (QED) is 0.688. The van der Waals surface area contributed by atoms with Gasteiger partial charge in [0.15, 0.2) is 0 Å². The van der Waals surface area contributed by atoms with Crippen LogP contribution in [0.1, 0.15) is 32.3 Å². The molecular formula is C15H23ClNO3P. The first-order valence-electron chi connectivity index (χ1n) is 7.47. The van der Waals surface area contributed by atoms with Crippen LogP contribution in [-0.2, 0) is 20.2 Å². The molecule has 1 saturated heterocycles. The van der Waals surface area contributed by atoms with Crippen molar-refractivity contribution >= 4 is 19.2 Å². The second kappa shape index (κ2) is 7.75. The summed E-state index contributed by atoms with van der Waals surface area (Å²) in [4.78, 5) is 2.17. The fraction of sp³-hybridized carbons (Fsp3) is 0.600. The number of halogens is 1. The summed E-state index contributed by atoms with van der Waals surface area (Å²) in [5, 5.41) is 0.741. The van der Waals surface area contributed by atoms with E-state index in [2.05, 4.69) is 4.90 Å². The van der Waals surface area contributed by atoms with Gasteiger partial charge in [0.1, 0.15) is 5.78 Å². The predicted molar refractivity (Wildman–Crippen MR) is 85.7 cm³/mol. The van der Waals surface area contributed by atoms with Crippen molar-refractivity contribution in [2.24, 2.45) is 0 Å². The molecule has 118 valence electrons. The largest absolute Gasteiger partial charge is 0.347 e. The molecule has 4 nitrogen and oxygen atoms in total. The number of rotatable bonds is 7. The van der Waals surface area contributed by atoms with Crippen molar-refractivity contribution < 1.29 is 13.6 Å². The molecule has 1 aliphatic heterocycles. The molecule has 1 heterocycles. The molecular weight excluding hydrogens is 309 g/mol. The van der Waals surface area contributed by atoms with Gasteiger partial charge in [-0.25, -0.2) is 0 Å². The Morgan fingerprint density at radius 1 is 1.29 bits per heavy atom. The Kier molecular flexibility index (Phi) is 6.27. The Morgan fingerprint density at radius 2 is 1.95 bits per heavy atom. The van der Waals surface area contributed by atoms with Gasteiger partial charge < -0.3 is 9.05 Å². The van der Waals surface area contributed by atoms with Crippen molar-refractivity contribution in [3.05, 3.63) is 34.9 Å². The number of hydrogen-bond donors (Lipinski definition) is 0. The fourth-order valence-electron chi connectivity index (χ4n) is 2.77. The SMILES string of the molecule is CCOP(=O)(OCC)C1CCCN1Cc1ccccc1Cl. The van der Waals surface area contributed by atoms with Crippen LogP contribution in [0.15, 0.2) is 24.3 Å². The minimum atomic E-state index is -3.09. The second-order valence-electron chi connectivity index (χ2n) is 5.06. The molecule has 0 saturated carbocycles. The molecule has 6 heteroatoms. The summed E-state index contributed by atoms with van der Waals surface area (Å²) in [6.07, 6.45) is 1.83. The highest BCUT2D eigenvalue weighted by molar-refractivity contribution is 7.54. The molecule has 0 amide bonds. The van der Waals surface area contributed by atoms with Gasteiger partial charge >= 0.3 is 7.60 Å². The number of likely N-dealkylation sites (tertiary alicyclic amines) is 1. The van der Waals surface area contributed by atoms with Crippen LogP contribution in [0.5, 0.6) is 0 Å². The number of nitrogens with zero attached hydrogens (tertiary/aromatic N) is 1. The molecule has 0 N–H and O–H groups in total. The summed E-state index contributed by atoms with van der Waals surface area (Å²) >= 11 is 6.23. The second-order valence-corrected chi connectivity index (χ2v) is 7.66. The molecule has 1 aromatic rings. The first kappa shape index (κ1) is 17.0. The van der Waals surface area contributed by atoms with Gasteiger partial charge in [0.05, 0.1) is 13.2 Å². The molecule has 2 rings (SSSR count). The van der Waals surface area contributed by atoms with Crippen molar-refractivity contribution in [3.63, 3.8) is 0 Å². The maximum atomic E-state index is 13.0. The Balaban J connectivity index is 2.16. The lowest BCUT2D eigenvalue weighted by Crippen LogP contribution is -2.30. The Morgan fingerprint density at radius 3 is 2.57 bits per heavy atom. The maximum Gasteiger partial charge on any atom is 0.347 e. The lowest BCUT2D eigenvalue weighted by atomic mass is 10.2. The van der Waals surface area contributed by atoms with Crippen LogP contribution in [0.2, 0.25) is 5.02 Å². The van der Waals surface area contributed by atoms with Crippen LogP contribution in [0.25, 0.3) is 0 Å². The molecule has 21 heavy (non-hydrogen) atoms. The zero-order chi connectivity index (χ0) is 15.3. The molecule has 1 aromatic carbocycles. The summed E-state index contributed by atoms with van der Waals surface area (Å²) < 4.78 is 24.0. The van der Waals surface area contributed by atoms with Crippen molar-refractivity contribution in [1.82, 2.24) is 4.90 Å². The molecule has 1 fully saturated rings. The smallest absolute Gasteiger partial charge is 0.308 e. The third-order valence-electron chi connectivity index (χ3n) is 3.64. The minimum absolute atomic E-state index is 0.173. The van der Waals surface area contributed by atoms with E-state index in [0.29, 0.717) is 19.8 Å². The van der Waals surface area contributed by atoms with Crippen LogP contribution < -0.4 is 0 Å². The third-order valence-corrected chi connectivity index (χ3v) is 6.56. The van der Waals surface area contributed by atoms with Crippen molar-refractivity contribution in [2.45, 2.75) is 39.0 Å². The van der Waals surface area contributed by atoms with E-state index in [9.17, 15) is 4.57 Å². The van der Waals surface area contributed by atoms with Crippen LogP contribution in [-0.4, -0.2) is 30.4 Å². The van der Waals surface area contributed by atoms with Gasteiger partial charge in [0.25, 0.3) is 0 Å². The van der Waals surface area contributed by atoms with E-state index >= 15 is 0 Å². The van der Waals surface area contributed by atoms with Crippen LogP contribution in [0.3, 0.4) is 0 Å². The van der Waals surface area contributed by atoms with E-state index < -0.39 is 7.60 Å². The molecule has 0 spiro atoms. The van der Waals surface area contributed by atoms with Gasteiger partial charge in [-0.1, -0.05) is 29.8 Å². The summed E-state index contributed by atoms with van der Waals surface area (Å²) in [5.74, 6) is -0.173. The third kappa shape index (κ3) is 4.08. The van der Waals surface area contributed by atoms with E-state index in [0.717, 1.165) is 30.0 Å². The van der Waals surface area contributed by atoms with Crippen LogP contribution >= 0.6 is 19.2 Å². The van der Waals surface area contributed by atoms with E-state index in [1.807, 2.05) is 38.1 Å². The molecule has 0 radical (unpaired) electrons. The fourth-order valence-corrected chi connectivity index (χ4v) is 5.20. The molecule has 1 unspecified atom stereocenters. The summed E-state index contributed by atoms with van der Waals surface area (Å²) in [7, 11) is -3.09. The Labute approximate surface area is 131 Å². The summed E-state index contributed by atoms with van der Waals surface area (Å²) in [5.41, 5.74) is 1.05. The lowest BCUT2D eigenvalue weighted by Gasteiger charge is -2.30. The monoisotopic (exact) mass is 331 g/mol. The topological polar surface area (TPSA) is 38.8 Å². The molecule has 0 aromatic heterocycles. The highest BCUT2D eigenvalue weighted by Gasteiger charge is 2.42. The average molecular weight is 332 g/mol. The highest BCUT2D eigenvalue weighted by Crippen LogP contribution is 2.57. The van der Waals surface area contributed by atoms with E-state index in [4.69, 9.17) is 20.6 Å². The standard InChI is InChI=1S/C15H23ClNO3P/c1-3-19-21(18,20-4-2)15-10-7-11-17(15)12-13-8-5-6-9-14(13)16/h5-6,8-9,15H,3-4,7,10-12H2,1-2H3. The molecule has 1 atom stereocenters.